The van der Waals surface area contributed by atoms with Crippen molar-refractivity contribution in [1.29, 1.82) is 0 Å². The van der Waals surface area contributed by atoms with Gasteiger partial charge in [0, 0.05) is 6.54 Å². The Balaban J connectivity index is 2.78. The Morgan fingerprint density at radius 3 is 2.37 bits per heavy atom. The molecule has 1 aliphatic heterocycles. The summed E-state index contributed by atoms with van der Waals surface area (Å²) in [6.07, 6.45) is 2.56. The van der Waals surface area contributed by atoms with Crippen LogP contribution in [0.5, 0.6) is 0 Å². The van der Waals surface area contributed by atoms with Crippen molar-refractivity contribution in [1.82, 2.24) is 15.5 Å². The molecule has 0 aromatic carbocycles. The summed E-state index contributed by atoms with van der Waals surface area (Å²) in [4.78, 5) is 38.3. The van der Waals surface area contributed by atoms with Crippen LogP contribution in [0, 0.1) is 0 Å². The zero-order valence-electron chi connectivity index (χ0n) is 16.2. The lowest BCUT2D eigenvalue weighted by Gasteiger charge is -2.35. The molecule has 0 aliphatic carbocycles. The number of hydrogen-bond acceptors (Lipinski definition) is 7. The third-order valence-electron chi connectivity index (χ3n) is 4.72. The summed E-state index contributed by atoms with van der Waals surface area (Å²) in [5, 5.41) is 33.5. The highest BCUT2D eigenvalue weighted by Crippen LogP contribution is 2.19. The first-order chi connectivity index (χ1) is 12.5. The molecule has 4 atom stereocenters. The van der Waals surface area contributed by atoms with E-state index in [1.54, 1.807) is 0 Å². The maximum absolute atomic E-state index is 12.6. The van der Waals surface area contributed by atoms with E-state index in [0.717, 1.165) is 6.42 Å². The van der Waals surface area contributed by atoms with Crippen molar-refractivity contribution in [3.8, 4) is 0 Å². The second-order valence-corrected chi connectivity index (χ2v) is 7.26. The molecule has 7 N–H and O–H groups in total. The number of hydrogen-bond donors (Lipinski definition) is 6. The fourth-order valence-electron chi connectivity index (χ4n) is 3.07. The van der Waals surface area contributed by atoms with Gasteiger partial charge in [0.05, 0.1) is 6.04 Å². The molecule has 0 aromatic heterocycles. The Bertz CT molecular complexity index is 539. The van der Waals surface area contributed by atoms with E-state index in [9.17, 15) is 29.5 Å². The smallest absolute Gasteiger partial charge is 0.393 e. The van der Waals surface area contributed by atoms with Crippen LogP contribution in [0.1, 0.15) is 52.9 Å². The standard InChI is InChI=1S/C16H32BN4O6/c1-4-5-8-13(17(25,26)27)20-15(23)12-7-6-9-21(12)16(24)11(3)19-14(22)10(2)18/h10-13,25-27H,4-9,18H2,1-3H3,(H,19,22)(H,20,23)/q-1/t10-,11-,12-,13-/m0/s1. The highest BCUT2D eigenvalue weighted by Gasteiger charge is 2.38. The quantitative estimate of drug-likeness (QED) is 0.248. The number of carbonyl (C=O) groups excluding carboxylic acids is 3. The summed E-state index contributed by atoms with van der Waals surface area (Å²) in [5.41, 5.74) is 5.48. The molecular weight excluding hydrogens is 355 g/mol. The Hall–Kier alpha value is -1.69. The lowest BCUT2D eigenvalue weighted by atomic mass is 9.68. The summed E-state index contributed by atoms with van der Waals surface area (Å²) in [7, 11) is 0. The Morgan fingerprint density at radius 1 is 1.22 bits per heavy atom. The number of unbranched alkanes of at least 4 members (excludes halogenated alkanes) is 1. The van der Waals surface area contributed by atoms with Gasteiger partial charge in [-0.15, -0.1) is 0 Å². The Morgan fingerprint density at radius 2 is 1.85 bits per heavy atom. The van der Waals surface area contributed by atoms with Gasteiger partial charge in [0.25, 0.3) is 0 Å². The number of amides is 3. The second-order valence-electron chi connectivity index (χ2n) is 7.26. The predicted octanol–water partition coefficient (Wildman–Crippen LogP) is -2.04. The van der Waals surface area contributed by atoms with Crippen LogP contribution in [0.15, 0.2) is 0 Å². The third-order valence-corrected chi connectivity index (χ3v) is 4.72. The summed E-state index contributed by atoms with van der Waals surface area (Å²) in [6, 6.07) is -2.40. The second kappa shape index (κ2) is 10.0. The van der Waals surface area contributed by atoms with Gasteiger partial charge < -0.3 is 36.3 Å². The number of rotatable bonds is 9. The molecule has 1 saturated heterocycles. The monoisotopic (exact) mass is 387 g/mol. The Kier molecular flexibility index (Phi) is 8.67. The summed E-state index contributed by atoms with van der Waals surface area (Å²) in [6.45, 7) is 1.54. The summed E-state index contributed by atoms with van der Waals surface area (Å²) in [5.74, 6) is -2.65. The topological polar surface area (TPSA) is 165 Å². The van der Waals surface area contributed by atoms with E-state index < -0.39 is 48.5 Å². The number of nitrogens with zero attached hydrogens (tertiary/aromatic N) is 1. The molecule has 1 rings (SSSR count). The van der Waals surface area contributed by atoms with Gasteiger partial charge in [-0.2, -0.15) is 0 Å². The molecule has 1 aliphatic rings. The maximum Gasteiger partial charge on any atom is 0.393 e. The van der Waals surface area contributed by atoms with Gasteiger partial charge in [-0.05, 0) is 32.6 Å². The highest BCUT2D eigenvalue weighted by molar-refractivity contribution is 6.58. The molecule has 27 heavy (non-hydrogen) atoms. The van der Waals surface area contributed by atoms with E-state index >= 15 is 0 Å². The van der Waals surface area contributed by atoms with Crippen LogP contribution in [0.25, 0.3) is 0 Å². The zero-order chi connectivity index (χ0) is 20.8. The number of nitrogens with one attached hydrogen (secondary N) is 2. The van der Waals surface area contributed by atoms with Gasteiger partial charge in [-0.1, -0.05) is 26.2 Å². The fourth-order valence-corrected chi connectivity index (χ4v) is 3.07. The molecule has 156 valence electrons. The zero-order valence-corrected chi connectivity index (χ0v) is 16.2. The normalized spacial score (nSPS) is 20.7. The van der Waals surface area contributed by atoms with Crippen molar-refractivity contribution in [2.75, 3.05) is 6.54 Å². The van der Waals surface area contributed by atoms with Crippen molar-refractivity contribution >= 4 is 24.5 Å². The van der Waals surface area contributed by atoms with E-state index in [-0.39, 0.29) is 6.42 Å². The predicted molar refractivity (Wildman–Crippen MR) is 99.9 cm³/mol. The van der Waals surface area contributed by atoms with Gasteiger partial charge in [0.15, 0.2) is 0 Å². The molecule has 1 fully saturated rings. The van der Waals surface area contributed by atoms with Crippen molar-refractivity contribution in [2.24, 2.45) is 5.73 Å². The van der Waals surface area contributed by atoms with Gasteiger partial charge in [0.1, 0.15) is 12.1 Å². The molecule has 11 heteroatoms. The lowest BCUT2D eigenvalue weighted by molar-refractivity contribution is -0.141. The first-order valence-electron chi connectivity index (χ1n) is 9.47. The maximum atomic E-state index is 12.6. The minimum Gasteiger partial charge on any atom is -0.558 e. The number of likely N-dealkylation sites (tertiary alicyclic amines) is 1. The van der Waals surface area contributed by atoms with Gasteiger partial charge >= 0.3 is 6.75 Å². The van der Waals surface area contributed by atoms with Gasteiger partial charge in [0.2, 0.25) is 17.7 Å². The van der Waals surface area contributed by atoms with Crippen LogP contribution < -0.4 is 16.4 Å². The minimum atomic E-state index is -3.72. The van der Waals surface area contributed by atoms with Crippen LogP contribution in [-0.2, 0) is 14.4 Å². The van der Waals surface area contributed by atoms with Crippen molar-refractivity contribution in [2.45, 2.75) is 76.9 Å². The van der Waals surface area contributed by atoms with Crippen LogP contribution in [-0.4, -0.2) is 75.1 Å². The van der Waals surface area contributed by atoms with E-state index in [2.05, 4.69) is 10.6 Å². The molecule has 0 radical (unpaired) electrons. The molecular formula is C16H32BN4O6-. The molecule has 0 bridgehead atoms. The van der Waals surface area contributed by atoms with Crippen LogP contribution in [0.4, 0.5) is 0 Å². The van der Waals surface area contributed by atoms with Crippen LogP contribution >= 0.6 is 0 Å². The Labute approximate surface area is 159 Å². The molecule has 0 unspecified atom stereocenters. The SMILES string of the molecule is CCCC[C@H](NC(=O)[C@@H]1CCCN1C(=O)[C@H](C)NC(=O)[C@H](C)N)[B-](O)(O)O. The van der Waals surface area contributed by atoms with Gasteiger partial charge in [-0.3, -0.25) is 14.4 Å². The van der Waals surface area contributed by atoms with E-state index in [4.69, 9.17) is 5.73 Å². The molecule has 1 heterocycles. The lowest BCUT2D eigenvalue weighted by Crippen LogP contribution is -2.61. The average Bonchev–Trinajstić information content (AvgIpc) is 3.06. The van der Waals surface area contributed by atoms with Crippen LogP contribution in [0.3, 0.4) is 0 Å². The molecule has 10 nitrogen and oxygen atoms in total. The number of nitrogens with two attached hydrogens (primary N) is 1. The van der Waals surface area contributed by atoms with Crippen LogP contribution in [0.2, 0.25) is 0 Å². The first-order valence-corrected chi connectivity index (χ1v) is 9.47. The third kappa shape index (κ3) is 6.76. The van der Waals surface area contributed by atoms with E-state index in [0.29, 0.717) is 25.8 Å². The van der Waals surface area contributed by atoms with Crippen molar-refractivity contribution < 1.29 is 29.5 Å². The molecule has 3 amide bonds. The van der Waals surface area contributed by atoms with E-state index in [1.807, 2.05) is 6.92 Å². The largest absolute Gasteiger partial charge is 0.558 e. The molecule has 0 saturated carbocycles. The van der Waals surface area contributed by atoms with Crippen molar-refractivity contribution in [3.63, 3.8) is 0 Å². The first kappa shape index (κ1) is 23.4. The summed E-state index contributed by atoms with van der Waals surface area (Å²) >= 11 is 0. The molecule has 0 aromatic rings. The van der Waals surface area contributed by atoms with E-state index in [1.165, 1.54) is 18.7 Å². The number of carbonyl (C=O) groups is 3. The van der Waals surface area contributed by atoms with Crippen molar-refractivity contribution in [3.05, 3.63) is 0 Å². The fraction of sp³-hybridized carbons (Fsp3) is 0.812. The average molecular weight is 387 g/mol. The summed E-state index contributed by atoms with van der Waals surface area (Å²) < 4.78 is 0. The van der Waals surface area contributed by atoms with Gasteiger partial charge in [-0.25, -0.2) is 0 Å². The minimum absolute atomic E-state index is 0.202. The highest BCUT2D eigenvalue weighted by atomic mass is 16.5. The molecule has 0 spiro atoms.